The Morgan fingerprint density at radius 1 is 0.776 bits per heavy atom. The van der Waals surface area contributed by atoms with Crippen LogP contribution in [-0.4, -0.2) is 142 Å². The third-order valence-electron chi connectivity index (χ3n) is 11.9. The number of fused-ring (bicyclic) bond motifs is 2. The molecule has 3 aromatic carbocycles. The molecule has 398 valence electrons. The van der Waals surface area contributed by atoms with Crippen molar-refractivity contribution in [3.05, 3.63) is 147 Å². The Balaban J connectivity index is 0.572. The van der Waals surface area contributed by atoms with Gasteiger partial charge in [0.25, 0.3) is 0 Å². The van der Waals surface area contributed by atoms with Gasteiger partial charge >= 0.3 is 11.6 Å². The van der Waals surface area contributed by atoms with Crippen LogP contribution < -0.4 is 30.6 Å². The van der Waals surface area contributed by atoms with Crippen molar-refractivity contribution in [2.24, 2.45) is 0 Å². The number of thioether (sulfide) groups is 1. The molecule has 0 saturated carbocycles. The zero-order valence-electron chi connectivity index (χ0n) is 42.2. The van der Waals surface area contributed by atoms with Crippen LogP contribution in [0.5, 0.6) is 11.5 Å². The molecule has 1 saturated heterocycles. The number of ketones is 1. The molecule has 0 aliphatic carbocycles. The first-order chi connectivity index (χ1) is 37.4. The van der Waals surface area contributed by atoms with Crippen LogP contribution >= 0.6 is 11.8 Å². The number of nitrogens with zero attached hydrogens (tertiary/aromatic N) is 6. The van der Waals surface area contributed by atoms with E-state index in [4.69, 9.17) is 42.3 Å². The summed E-state index contributed by atoms with van der Waals surface area (Å²) in [5.41, 5.74) is 4.98. The van der Waals surface area contributed by atoms with Gasteiger partial charge in [-0.05, 0) is 67.1 Å². The SMILES string of the molecule is CCOC(=O)C1=C(Nc2ccccc2)S/C(=C\c2ccc(OCCOCCn3cc(COCCOCCOCCOCCOc4ccn5cc(-c6cc7ccc(N8CCNCC8)cc7oc6=O)nc5c4)nn3)cc2)C1=O. The molecule has 7 aromatic rings. The second kappa shape index (κ2) is 27.4. The van der Waals surface area contributed by atoms with Crippen LogP contribution in [0.1, 0.15) is 18.2 Å². The van der Waals surface area contributed by atoms with Crippen LogP contribution in [0.4, 0.5) is 11.4 Å². The molecule has 76 heavy (non-hydrogen) atoms. The van der Waals surface area contributed by atoms with Crippen LogP contribution in [0.2, 0.25) is 0 Å². The summed E-state index contributed by atoms with van der Waals surface area (Å²) in [5.74, 6) is 0.259. The number of esters is 1. The lowest BCUT2D eigenvalue weighted by atomic mass is 10.1. The zero-order chi connectivity index (χ0) is 52.3. The smallest absolute Gasteiger partial charge is 0.345 e. The molecule has 2 aliphatic rings. The summed E-state index contributed by atoms with van der Waals surface area (Å²) in [6.07, 6.45) is 7.22. The number of pyridine rings is 1. The van der Waals surface area contributed by atoms with E-state index in [1.807, 2.05) is 108 Å². The van der Waals surface area contributed by atoms with Gasteiger partial charge in [0.1, 0.15) is 47.2 Å². The van der Waals surface area contributed by atoms with Gasteiger partial charge in [-0.15, -0.1) is 5.10 Å². The minimum absolute atomic E-state index is 0.00586. The largest absolute Gasteiger partial charge is 0.491 e. The quantitative estimate of drug-likeness (QED) is 0.0171. The fraction of sp³-hybridized carbons (Fsp3) is 0.345. The summed E-state index contributed by atoms with van der Waals surface area (Å²) >= 11 is 1.20. The Morgan fingerprint density at radius 2 is 1.49 bits per heavy atom. The molecule has 1 fully saturated rings. The number of benzene rings is 3. The molecule has 0 amide bonds. The van der Waals surface area contributed by atoms with E-state index in [0.29, 0.717) is 135 Å². The Kier molecular flexibility index (Phi) is 19.3. The summed E-state index contributed by atoms with van der Waals surface area (Å²) in [6, 6.07) is 28.2. The molecule has 9 rings (SSSR count). The Bertz CT molecular complexity index is 3150. The highest BCUT2D eigenvalue weighted by atomic mass is 32.2. The molecule has 2 aliphatic heterocycles. The number of anilines is 2. The van der Waals surface area contributed by atoms with Gasteiger partial charge in [-0.25, -0.2) is 19.3 Å². The molecule has 2 N–H and O–H groups in total. The Labute approximate surface area is 442 Å². The van der Waals surface area contributed by atoms with Crippen LogP contribution in [0.15, 0.2) is 134 Å². The lowest BCUT2D eigenvalue weighted by Gasteiger charge is -2.29. The number of rotatable bonds is 29. The van der Waals surface area contributed by atoms with Crippen LogP contribution in [0.3, 0.4) is 0 Å². The van der Waals surface area contributed by atoms with Crippen molar-refractivity contribution >= 4 is 57.6 Å². The number of Topliss-reactive ketones (excluding diaryl/α,β-unsaturated/α-hetero) is 1. The molecular weight excluding hydrogens is 997 g/mol. The van der Waals surface area contributed by atoms with Crippen molar-refractivity contribution in [1.82, 2.24) is 29.7 Å². The van der Waals surface area contributed by atoms with Gasteiger partial charge in [0.05, 0.1) is 107 Å². The molecule has 0 spiro atoms. The summed E-state index contributed by atoms with van der Waals surface area (Å²) < 4.78 is 54.5. The van der Waals surface area contributed by atoms with Crippen molar-refractivity contribution < 1.29 is 51.9 Å². The van der Waals surface area contributed by atoms with E-state index in [-0.39, 0.29) is 18.0 Å². The predicted molar refractivity (Wildman–Crippen MR) is 286 cm³/mol. The van der Waals surface area contributed by atoms with Crippen molar-refractivity contribution in [2.45, 2.75) is 20.1 Å². The van der Waals surface area contributed by atoms with E-state index in [1.54, 1.807) is 17.7 Å². The van der Waals surface area contributed by atoms with Gasteiger partial charge in [-0.3, -0.25) is 4.79 Å². The average Bonchev–Trinajstić information content (AvgIpc) is 4.17. The molecule has 0 radical (unpaired) electrons. The Morgan fingerprint density at radius 3 is 2.24 bits per heavy atom. The number of hydrogen-bond acceptors (Lipinski definition) is 19. The van der Waals surface area contributed by atoms with E-state index >= 15 is 0 Å². The van der Waals surface area contributed by atoms with Crippen LogP contribution in [0, 0.1) is 0 Å². The predicted octanol–water partition coefficient (Wildman–Crippen LogP) is 6.39. The maximum Gasteiger partial charge on any atom is 0.345 e. The summed E-state index contributed by atoms with van der Waals surface area (Å²) in [6.45, 7) is 10.8. The number of para-hydroxylation sites is 1. The Hall–Kier alpha value is -7.37. The number of aromatic nitrogens is 5. The maximum absolute atomic E-state index is 13.3. The van der Waals surface area contributed by atoms with Gasteiger partial charge in [-0.2, -0.15) is 0 Å². The van der Waals surface area contributed by atoms with Gasteiger partial charge in [0, 0.05) is 67.5 Å². The minimum Gasteiger partial charge on any atom is -0.491 e. The number of allylic oxidation sites excluding steroid dienone is 1. The molecule has 20 nitrogen and oxygen atoms in total. The summed E-state index contributed by atoms with van der Waals surface area (Å²) in [4.78, 5) is 46.4. The van der Waals surface area contributed by atoms with E-state index in [2.05, 4.69) is 36.9 Å². The third kappa shape index (κ3) is 14.9. The molecular formula is C55H60N8O12S. The normalized spacial score (nSPS) is 14.4. The number of nitrogens with one attached hydrogen (secondary N) is 2. The second-order valence-corrected chi connectivity index (χ2v) is 18.3. The first-order valence-corrected chi connectivity index (χ1v) is 26.0. The van der Waals surface area contributed by atoms with Crippen molar-refractivity contribution in [2.75, 3.05) is 116 Å². The van der Waals surface area contributed by atoms with E-state index in [1.165, 1.54) is 11.8 Å². The van der Waals surface area contributed by atoms with Gasteiger partial charge < -0.3 is 62.2 Å². The van der Waals surface area contributed by atoms with Crippen molar-refractivity contribution in [3.63, 3.8) is 0 Å². The molecule has 4 aromatic heterocycles. The summed E-state index contributed by atoms with van der Waals surface area (Å²) in [7, 11) is 0. The maximum atomic E-state index is 13.3. The first kappa shape index (κ1) is 53.5. The van der Waals surface area contributed by atoms with E-state index in [0.717, 1.165) is 48.5 Å². The zero-order valence-corrected chi connectivity index (χ0v) is 43.0. The van der Waals surface area contributed by atoms with Gasteiger partial charge in [-0.1, -0.05) is 47.3 Å². The fourth-order valence-electron chi connectivity index (χ4n) is 8.10. The molecule has 0 atom stereocenters. The number of ether oxygens (including phenoxy) is 8. The van der Waals surface area contributed by atoms with E-state index in [9.17, 15) is 14.4 Å². The third-order valence-corrected chi connectivity index (χ3v) is 12.9. The number of carbonyl (C=O) groups excluding carboxylic acids is 2. The lowest BCUT2D eigenvalue weighted by Crippen LogP contribution is -2.43. The van der Waals surface area contributed by atoms with Crippen molar-refractivity contribution in [3.8, 4) is 22.8 Å². The lowest BCUT2D eigenvalue weighted by molar-refractivity contribution is -0.139. The monoisotopic (exact) mass is 1060 g/mol. The second-order valence-electron chi connectivity index (χ2n) is 17.3. The highest BCUT2D eigenvalue weighted by Crippen LogP contribution is 2.40. The highest BCUT2D eigenvalue weighted by molar-refractivity contribution is 8.08. The number of hydrogen-bond donors (Lipinski definition) is 2. The average molecular weight is 1060 g/mol. The number of piperazine rings is 1. The van der Waals surface area contributed by atoms with Crippen molar-refractivity contribution in [1.29, 1.82) is 0 Å². The highest BCUT2D eigenvalue weighted by Gasteiger charge is 2.35. The first-order valence-electron chi connectivity index (χ1n) is 25.2. The summed E-state index contributed by atoms with van der Waals surface area (Å²) in [5, 5.41) is 16.1. The van der Waals surface area contributed by atoms with Gasteiger partial charge in [0.15, 0.2) is 0 Å². The van der Waals surface area contributed by atoms with Crippen LogP contribution in [0.25, 0.3) is 33.9 Å². The van der Waals surface area contributed by atoms with E-state index < -0.39 is 11.6 Å². The standard InChI is InChI=1S/C55H60N8O12S/c1-2-72-55(66)51-52(64)49(76-53(51)57-41-6-4-3-5-7-41)32-39-8-12-44(13-9-39)73-30-28-67-21-20-63-36-42(59-60-63)38-71-27-26-69-23-22-68-24-25-70-29-31-74-45-14-17-62-37-47(58-50(62)35-45)46-33-40-10-11-43(34-48(40)75-54(46)65)61-18-15-56-16-19-61/h3-14,17,32-37,56-57H,2,15-16,18-31,38H2,1H3/b49-32-. The molecule has 0 unspecified atom stereocenters. The van der Waals surface area contributed by atoms with Gasteiger partial charge in [0.2, 0.25) is 5.78 Å². The number of imidazole rings is 1. The molecule has 0 bridgehead atoms. The minimum atomic E-state index is -0.654. The number of carbonyl (C=O) groups is 2. The molecule has 6 heterocycles. The van der Waals surface area contributed by atoms with Crippen LogP contribution in [-0.2, 0) is 51.2 Å². The molecule has 21 heteroatoms. The fourth-order valence-corrected chi connectivity index (χ4v) is 9.15. The topological polar surface area (TPSA) is 213 Å².